The number of benzene rings is 1. The zero-order valence-corrected chi connectivity index (χ0v) is 10.5. The fourth-order valence-electron chi connectivity index (χ4n) is 3.63. The summed E-state index contributed by atoms with van der Waals surface area (Å²) < 4.78 is 0. The Balaban J connectivity index is 1.94. The van der Waals surface area contributed by atoms with E-state index in [0.29, 0.717) is 0 Å². The largest absolute Gasteiger partial charge is 0.364 e. The fraction of sp³-hybridized carbons (Fsp3) is 0.600. The van der Waals surface area contributed by atoms with E-state index in [1.165, 1.54) is 49.8 Å². The Morgan fingerprint density at radius 2 is 1.88 bits per heavy atom. The van der Waals surface area contributed by atoms with Gasteiger partial charge in [0, 0.05) is 18.8 Å². The maximum atomic E-state index is 6.13. The molecule has 1 saturated carbocycles. The lowest BCUT2D eigenvalue weighted by atomic mass is 9.80. The van der Waals surface area contributed by atoms with Crippen LogP contribution in [0.25, 0.3) is 0 Å². The first kappa shape index (κ1) is 11.1. The van der Waals surface area contributed by atoms with E-state index in [-0.39, 0.29) is 5.54 Å². The van der Waals surface area contributed by atoms with E-state index >= 15 is 0 Å². The van der Waals surface area contributed by atoms with E-state index in [0.717, 1.165) is 13.1 Å². The summed E-state index contributed by atoms with van der Waals surface area (Å²) in [6.07, 6.45) is 7.82. The average molecular weight is 230 g/mol. The molecule has 1 heterocycles. The van der Waals surface area contributed by atoms with Crippen molar-refractivity contribution in [2.24, 2.45) is 5.73 Å². The normalized spacial score (nSPS) is 22.5. The maximum absolute atomic E-state index is 6.13. The van der Waals surface area contributed by atoms with Gasteiger partial charge in [0.1, 0.15) is 0 Å². The Morgan fingerprint density at radius 3 is 2.65 bits per heavy atom. The molecule has 1 aromatic rings. The molecule has 0 radical (unpaired) electrons. The molecule has 1 fully saturated rings. The van der Waals surface area contributed by atoms with Gasteiger partial charge in [0.2, 0.25) is 0 Å². The van der Waals surface area contributed by atoms with Crippen molar-refractivity contribution in [1.82, 2.24) is 0 Å². The summed E-state index contributed by atoms with van der Waals surface area (Å²) in [5, 5.41) is 0. The molecule has 0 aromatic heterocycles. The minimum atomic E-state index is 0.255. The Morgan fingerprint density at radius 1 is 1.12 bits per heavy atom. The number of nitrogens with zero attached hydrogens (tertiary/aromatic N) is 1. The van der Waals surface area contributed by atoms with Crippen LogP contribution in [0.4, 0.5) is 5.69 Å². The van der Waals surface area contributed by atoms with Crippen molar-refractivity contribution in [3.63, 3.8) is 0 Å². The van der Waals surface area contributed by atoms with Crippen LogP contribution in [0.3, 0.4) is 0 Å². The second-order valence-corrected chi connectivity index (χ2v) is 5.52. The molecular weight excluding hydrogens is 208 g/mol. The van der Waals surface area contributed by atoms with Crippen LogP contribution in [0.15, 0.2) is 24.3 Å². The van der Waals surface area contributed by atoms with E-state index in [1.807, 2.05) is 0 Å². The first-order chi connectivity index (χ1) is 8.36. The molecule has 0 amide bonds. The smallest absolute Gasteiger partial charge is 0.0524 e. The van der Waals surface area contributed by atoms with Gasteiger partial charge in [0.25, 0.3) is 0 Å². The minimum Gasteiger partial charge on any atom is -0.364 e. The van der Waals surface area contributed by atoms with Gasteiger partial charge in [-0.25, -0.2) is 0 Å². The van der Waals surface area contributed by atoms with E-state index in [1.54, 1.807) is 0 Å². The van der Waals surface area contributed by atoms with Gasteiger partial charge in [-0.1, -0.05) is 37.5 Å². The lowest BCUT2D eigenvalue weighted by molar-refractivity contribution is 0.285. The molecule has 0 bridgehead atoms. The predicted octanol–water partition coefficient (Wildman–Crippen LogP) is 2.71. The van der Waals surface area contributed by atoms with Crippen molar-refractivity contribution in [1.29, 1.82) is 0 Å². The summed E-state index contributed by atoms with van der Waals surface area (Å²) in [4.78, 5) is 2.61. The van der Waals surface area contributed by atoms with Gasteiger partial charge in [-0.3, -0.25) is 0 Å². The summed E-state index contributed by atoms with van der Waals surface area (Å²) in [6.45, 7) is 1.97. The lowest BCUT2D eigenvalue weighted by Crippen LogP contribution is -2.54. The number of hydrogen-bond donors (Lipinski definition) is 1. The van der Waals surface area contributed by atoms with E-state index in [9.17, 15) is 0 Å². The number of fused-ring (bicyclic) bond motifs is 1. The van der Waals surface area contributed by atoms with Crippen LogP contribution in [0.1, 0.15) is 37.7 Å². The van der Waals surface area contributed by atoms with Gasteiger partial charge in [0.05, 0.1) is 5.54 Å². The summed E-state index contributed by atoms with van der Waals surface area (Å²) in [5.41, 5.74) is 9.34. The van der Waals surface area contributed by atoms with Gasteiger partial charge in [-0.2, -0.15) is 0 Å². The molecule has 0 atom stereocenters. The second-order valence-electron chi connectivity index (χ2n) is 5.52. The molecule has 3 rings (SSSR count). The van der Waals surface area contributed by atoms with Crippen LogP contribution in [0, 0.1) is 0 Å². The number of para-hydroxylation sites is 1. The van der Waals surface area contributed by atoms with Crippen molar-refractivity contribution in [2.45, 2.75) is 44.1 Å². The highest BCUT2D eigenvalue weighted by atomic mass is 15.2. The highest BCUT2D eigenvalue weighted by molar-refractivity contribution is 5.60. The molecule has 2 aliphatic rings. The summed E-state index contributed by atoms with van der Waals surface area (Å²) in [7, 11) is 0. The average Bonchev–Trinajstić information content (AvgIpc) is 2.84. The van der Waals surface area contributed by atoms with E-state index in [2.05, 4.69) is 29.2 Å². The Labute approximate surface area is 104 Å². The van der Waals surface area contributed by atoms with Crippen LogP contribution in [0.2, 0.25) is 0 Å². The van der Waals surface area contributed by atoms with Gasteiger partial charge in [0.15, 0.2) is 0 Å². The molecule has 0 spiro atoms. The SMILES string of the molecule is NCC1(N2CCc3ccccc32)CCCCC1. The fourth-order valence-corrected chi connectivity index (χ4v) is 3.63. The van der Waals surface area contributed by atoms with E-state index in [4.69, 9.17) is 5.73 Å². The molecule has 92 valence electrons. The predicted molar refractivity (Wildman–Crippen MR) is 72.4 cm³/mol. The molecule has 0 saturated heterocycles. The second kappa shape index (κ2) is 4.34. The van der Waals surface area contributed by atoms with Crippen molar-refractivity contribution < 1.29 is 0 Å². The van der Waals surface area contributed by atoms with Gasteiger partial charge in [-0.15, -0.1) is 0 Å². The molecule has 1 aliphatic heterocycles. The Kier molecular flexibility index (Phi) is 2.83. The molecule has 1 aliphatic carbocycles. The van der Waals surface area contributed by atoms with Crippen molar-refractivity contribution in [2.75, 3.05) is 18.0 Å². The molecule has 2 nitrogen and oxygen atoms in total. The first-order valence-corrected chi connectivity index (χ1v) is 6.91. The van der Waals surface area contributed by atoms with Crippen molar-refractivity contribution in [3.8, 4) is 0 Å². The highest BCUT2D eigenvalue weighted by Crippen LogP contribution is 2.40. The zero-order valence-electron chi connectivity index (χ0n) is 10.5. The van der Waals surface area contributed by atoms with Crippen molar-refractivity contribution >= 4 is 5.69 Å². The number of rotatable bonds is 2. The number of nitrogens with two attached hydrogens (primary N) is 1. The van der Waals surface area contributed by atoms with Gasteiger partial charge >= 0.3 is 0 Å². The standard InChI is InChI=1S/C15H22N2/c16-12-15(9-4-1-5-10-15)17-11-8-13-6-2-3-7-14(13)17/h2-3,6-7H,1,4-5,8-12,16H2. The van der Waals surface area contributed by atoms with Crippen molar-refractivity contribution in [3.05, 3.63) is 29.8 Å². The summed E-state index contributed by atoms with van der Waals surface area (Å²) in [6, 6.07) is 8.85. The van der Waals surface area contributed by atoms with Crippen LogP contribution >= 0.6 is 0 Å². The Bertz CT molecular complexity index is 394. The third-order valence-electron chi connectivity index (χ3n) is 4.62. The van der Waals surface area contributed by atoms with Crippen LogP contribution in [-0.2, 0) is 6.42 Å². The van der Waals surface area contributed by atoms with Crippen LogP contribution in [0.5, 0.6) is 0 Å². The van der Waals surface area contributed by atoms with Crippen LogP contribution < -0.4 is 10.6 Å². The number of anilines is 1. The minimum absolute atomic E-state index is 0.255. The van der Waals surface area contributed by atoms with Gasteiger partial charge < -0.3 is 10.6 Å². The topological polar surface area (TPSA) is 29.3 Å². The Hall–Kier alpha value is -1.02. The monoisotopic (exact) mass is 230 g/mol. The van der Waals surface area contributed by atoms with E-state index < -0.39 is 0 Å². The summed E-state index contributed by atoms with van der Waals surface area (Å²) >= 11 is 0. The first-order valence-electron chi connectivity index (χ1n) is 6.91. The molecule has 1 aromatic carbocycles. The maximum Gasteiger partial charge on any atom is 0.0524 e. The molecule has 0 unspecified atom stereocenters. The van der Waals surface area contributed by atoms with Crippen LogP contribution in [-0.4, -0.2) is 18.6 Å². The number of hydrogen-bond acceptors (Lipinski definition) is 2. The van der Waals surface area contributed by atoms with Gasteiger partial charge in [-0.05, 0) is 30.9 Å². The molecule has 17 heavy (non-hydrogen) atoms. The lowest BCUT2D eigenvalue weighted by Gasteiger charge is -2.45. The molecular formula is C15H22N2. The highest BCUT2D eigenvalue weighted by Gasteiger charge is 2.39. The molecule has 2 heteroatoms. The third-order valence-corrected chi connectivity index (χ3v) is 4.62. The zero-order chi connectivity index (χ0) is 11.7. The summed E-state index contributed by atoms with van der Waals surface area (Å²) in [5.74, 6) is 0. The third kappa shape index (κ3) is 1.75. The molecule has 2 N–H and O–H groups in total. The quantitative estimate of drug-likeness (QED) is 0.846.